The Kier molecular flexibility index (Phi) is 6.77. The van der Waals surface area contributed by atoms with Gasteiger partial charge in [-0.15, -0.1) is 5.10 Å². The first-order valence-electron chi connectivity index (χ1n) is 10.9. The molecule has 180 valence electrons. The van der Waals surface area contributed by atoms with Crippen molar-refractivity contribution in [2.45, 2.75) is 19.5 Å². The van der Waals surface area contributed by atoms with Crippen molar-refractivity contribution >= 4 is 28.1 Å². The number of rotatable bonds is 7. The van der Waals surface area contributed by atoms with Crippen molar-refractivity contribution < 1.29 is 18.1 Å². The van der Waals surface area contributed by atoms with Crippen LogP contribution in [0.3, 0.4) is 0 Å². The Morgan fingerprint density at radius 2 is 1.88 bits per heavy atom. The number of non-ortho nitro benzene ring substituents is 1. The van der Waals surface area contributed by atoms with E-state index in [-0.39, 0.29) is 18.5 Å². The number of hydrogen-bond acceptors (Lipinski definition) is 8. The average Bonchev–Trinajstić information content (AvgIpc) is 2.83. The monoisotopic (exact) mass is 475 g/mol. The van der Waals surface area contributed by atoms with Crippen LogP contribution in [-0.2, 0) is 12.6 Å². The molecule has 3 heterocycles. The van der Waals surface area contributed by atoms with Gasteiger partial charge in [0.25, 0.3) is 5.69 Å². The van der Waals surface area contributed by atoms with Crippen molar-refractivity contribution in [2.24, 2.45) is 0 Å². The van der Waals surface area contributed by atoms with E-state index in [4.69, 9.17) is 0 Å². The SMILES string of the molecule is CCN1CCN(c2cc3c(NCCc4cc([N+](=O)[O-])cc(C(F)(F)F)c4)cnnc3cn2)CC1. The molecule has 0 spiro atoms. The summed E-state index contributed by atoms with van der Waals surface area (Å²) in [6.07, 6.45) is -1.29. The van der Waals surface area contributed by atoms with E-state index in [9.17, 15) is 23.3 Å². The quantitative estimate of drug-likeness (QED) is 0.407. The smallest absolute Gasteiger partial charge is 0.383 e. The summed E-state index contributed by atoms with van der Waals surface area (Å²) in [6, 6.07) is 4.59. The Morgan fingerprint density at radius 3 is 2.56 bits per heavy atom. The number of alkyl halides is 3. The molecule has 0 radical (unpaired) electrons. The number of piperazine rings is 1. The molecule has 9 nitrogen and oxygen atoms in total. The van der Waals surface area contributed by atoms with Gasteiger partial charge >= 0.3 is 6.18 Å². The molecule has 1 N–H and O–H groups in total. The molecule has 0 unspecified atom stereocenters. The fourth-order valence-electron chi connectivity index (χ4n) is 3.99. The van der Waals surface area contributed by atoms with Crippen molar-refractivity contribution in [3.63, 3.8) is 0 Å². The van der Waals surface area contributed by atoms with Crippen LogP contribution >= 0.6 is 0 Å². The molecule has 1 aliphatic heterocycles. The molecule has 1 fully saturated rings. The van der Waals surface area contributed by atoms with Gasteiger partial charge in [0, 0.05) is 50.2 Å². The lowest BCUT2D eigenvalue weighted by molar-refractivity contribution is -0.385. The molecule has 1 saturated heterocycles. The van der Waals surface area contributed by atoms with Gasteiger partial charge in [-0.3, -0.25) is 10.1 Å². The highest BCUT2D eigenvalue weighted by atomic mass is 19.4. The first-order valence-corrected chi connectivity index (χ1v) is 10.9. The van der Waals surface area contributed by atoms with Crippen molar-refractivity contribution in [3.05, 3.63) is 57.9 Å². The number of pyridine rings is 1. The van der Waals surface area contributed by atoms with Gasteiger partial charge in [0.05, 0.1) is 28.6 Å². The number of benzene rings is 1. The van der Waals surface area contributed by atoms with E-state index in [0.29, 0.717) is 17.3 Å². The molecular weight excluding hydrogens is 451 g/mol. The van der Waals surface area contributed by atoms with Gasteiger partial charge in [-0.05, 0) is 30.7 Å². The largest absolute Gasteiger partial charge is 0.416 e. The Bertz CT molecular complexity index is 1180. The van der Waals surface area contributed by atoms with Crippen molar-refractivity contribution in [3.8, 4) is 0 Å². The second-order valence-electron chi connectivity index (χ2n) is 8.06. The number of hydrogen-bond donors (Lipinski definition) is 1. The lowest BCUT2D eigenvalue weighted by Gasteiger charge is -2.34. The average molecular weight is 475 g/mol. The third-order valence-electron chi connectivity index (χ3n) is 5.90. The lowest BCUT2D eigenvalue weighted by atomic mass is 10.1. The predicted molar refractivity (Wildman–Crippen MR) is 122 cm³/mol. The molecule has 2 aromatic heterocycles. The van der Waals surface area contributed by atoms with Crippen LogP contribution in [0.25, 0.3) is 10.9 Å². The first-order chi connectivity index (χ1) is 16.2. The number of anilines is 2. The van der Waals surface area contributed by atoms with E-state index in [1.807, 2.05) is 6.07 Å². The third-order valence-corrected chi connectivity index (χ3v) is 5.90. The summed E-state index contributed by atoms with van der Waals surface area (Å²) in [7, 11) is 0. The maximum Gasteiger partial charge on any atom is 0.416 e. The number of nitrogens with zero attached hydrogens (tertiary/aromatic N) is 6. The normalized spacial score (nSPS) is 15.0. The summed E-state index contributed by atoms with van der Waals surface area (Å²) < 4.78 is 39.4. The molecule has 0 amide bonds. The molecule has 1 aromatic carbocycles. The summed E-state index contributed by atoms with van der Waals surface area (Å²) in [4.78, 5) is 19.3. The zero-order valence-corrected chi connectivity index (χ0v) is 18.5. The fraction of sp³-hybridized carbons (Fsp3) is 0.409. The van der Waals surface area contributed by atoms with Gasteiger partial charge in [0.1, 0.15) is 11.3 Å². The number of likely N-dealkylation sites (N-methyl/N-ethyl adjacent to an activating group) is 1. The van der Waals surface area contributed by atoms with Gasteiger partial charge in [0.2, 0.25) is 0 Å². The predicted octanol–water partition coefficient (Wildman–Crippen LogP) is 3.75. The van der Waals surface area contributed by atoms with E-state index in [1.165, 1.54) is 0 Å². The van der Waals surface area contributed by atoms with Gasteiger partial charge in [0.15, 0.2) is 0 Å². The molecule has 0 saturated carbocycles. The summed E-state index contributed by atoms with van der Waals surface area (Å²) in [5.74, 6) is 0.827. The molecular formula is C22H24F3N7O2. The zero-order chi connectivity index (χ0) is 24.3. The highest BCUT2D eigenvalue weighted by Gasteiger charge is 2.32. The van der Waals surface area contributed by atoms with Crippen LogP contribution < -0.4 is 10.2 Å². The van der Waals surface area contributed by atoms with E-state index in [2.05, 4.69) is 37.2 Å². The van der Waals surface area contributed by atoms with E-state index in [1.54, 1.807) is 12.4 Å². The molecule has 12 heteroatoms. The minimum absolute atomic E-state index is 0.158. The van der Waals surface area contributed by atoms with Crippen LogP contribution in [0.2, 0.25) is 0 Å². The molecule has 4 rings (SSSR count). The first kappa shape index (κ1) is 23.6. The maximum absolute atomic E-state index is 13.1. The Hall–Kier alpha value is -3.54. The standard InChI is InChI=1S/C22H24F3N7O2/c1-2-30-5-7-31(8-6-30)21-12-18-19(14-28-29-20(18)13-27-21)26-4-3-15-9-16(22(23,24)25)11-17(10-15)32(33)34/h9-14H,2-8H2,1H3,(H,26,29). The molecule has 0 aliphatic carbocycles. The second-order valence-corrected chi connectivity index (χ2v) is 8.06. The number of nitro benzene ring substituents is 1. The van der Waals surface area contributed by atoms with Crippen LogP contribution in [0.5, 0.6) is 0 Å². The van der Waals surface area contributed by atoms with Crippen LogP contribution in [0.15, 0.2) is 36.7 Å². The lowest BCUT2D eigenvalue weighted by Crippen LogP contribution is -2.46. The van der Waals surface area contributed by atoms with Crippen molar-refractivity contribution in [2.75, 3.05) is 49.5 Å². The third kappa shape index (κ3) is 5.33. The number of nitro groups is 1. The van der Waals surface area contributed by atoms with E-state index >= 15 is 0 Å². The highest BCUT2D eigenvalue weighted by Crippen LogP contribution is 2.33. The molecule has 0 bridgehead atoms. The van der Waals surface area contributed by atoms with Gasteiger partial charge in [-0.2, -0.15) is 18.3 Å². The second kappa shape index (κ2) is 9.75. The minimum Gasteiger partial charge on any atom is -0.383 e. The van der Waals surface area contributed by atoms with Crippen LogP contribution in [-0.4, -0.2) is 64.3 Å². The Morgan fingerprint density at radius 1 is 1.12 bits per heavy atom. The van der Waals surface area contributed by atoms with Crippen molar-refractivity contribution in [1.29, 1.82) is 0 Å². The molecule has 3 aromatic rings. The minimum atomic E-state index is -4.66. The number of nitrogens with one attached hydrogen (secondary N) is 1. The molecule has 0 atom stereocenters. The molecule has 34 heavy (non-hydrogen) atoms. The number of fused-ring (bicyclic) bond motifs is 1. The number of aromatic nitrogens is 3. The highest BCUT2D eigenvalue weighted by molar-refractivity contribution is 5.91. The summed E-state index contributed by atoms with van der Waals surface area (Å²) in [5.41, 5.74) is -0.138. The Balaban J connectivity index is 1.51. The topological polar surface area (TPSA) is 100 Å². The van der Waals surface area contributed by atoms with Crippen LogP contribution in [0, 0.1) is 10.1 Å². The van der Waals surface area contributed by atoms with Gasteiger partial charge < -0.3 is 15.1 Å². The van der Waals surface area contributed by atoms with E-state index < -0.39 is 22.4 Å². The van der Waals surface area contributed by atoms with E-state index in [0.717, 1.165) is 56.1 Å². The summed E-state index contributed by atoms with van der Waals surface area (Å²) >= 11 is 0. The van der Waals surface area contributed by atoms with Crippen LogP contribution in [0.4, 0.5) is 30.4 Å². The summed E-state index contributed by atoms with van der Waals surface area (Å²) in [6.45, 7) is 7.05. The molecule has 1 aliphatic rings. The van der Waals surface area contributed by atoms with Crippen molar-refractivity contribution in [1.82, 2.24) is 20.1 Å². The zero-order valence-electron chi connectivity index (χ0n) is 18.5. The van der Waals surface area contributed by atoms with Gasteiger partial charge in [-0.1, -0.05) is 6.92 Å². The maximum atomic E-state index is 13.1. The Labute approximate surface area is 193 Å². The fourth-order valence-corrected chi connectivity index (χ4v) is 3.99. The number of halogens is 3. The summed E-state index contributed by atoms with van der Waals surface area (Å²) in [5, 5.41) is 23.1. The van der Waals surface area contributed by atoms with Gasteiger partial charge in [-0.25, -0.2) is 4.98 Å². The van der Waals surface area contributed by atoms with Crippen LogP contribution in [0.1, 0.15) is 18.1 Å².